The molecule has 7 nitrogen and oxygen atoms in total. The monoisotopic (exact) mass is 340 g/mol. The van der Waals surface area contributed by atoms with Crippen molar-refractivity contribution in [3.8, 4) is 0 Å². The van der Waals surface area contributed by atoms with Crippen LogP contribution in [-0.4, -0.2) is 29.4 Å². The molecule has 0 spiro atoms. The van der Waals surface area contributed by atoms with E-state index in [9.17, 15) is 19.7 Å². The standard InChI is InChI=1S/C15H20N2O5S/c1-9-4-3-5-11(10(9)2)16-13(18)8-22-15(19)12-6-7-14(23-12)17(20)21/h6-7,9-11H,3-5,8H2,1-2H3,(H,16,18)/t9-,10+,11+/m1/s1. The molecule has 0 unspecified atom stereocenters. The molecule has 1 aliphatic rings. The number of hydrogen-bond acceptors (Lipinski definition) is 6. The first-order chi connectivity index (χ1) is 10.9. The second kappa shape index (κ2) is 7.54. The van der Waals surface area contributed by atoms with E-state index in [0.717, 1.165) is 24.2 Å². The first kappa shape index (κ1) is 17.4. The third kappa shape index (κ3) is 4.51. The van der Waals surface area contributed by atoms with Crippen LogP contribution >= 0.6 is 11.3 Å². The first-order valence-electron chi connectivity index (χ1n) is 7.59. The summed E-state index contributed by atoms with van der Waals surface area (Å²) >= 11 is 0.732. The first-order valence-corrected chi connectivity index (χ1v) is 8.41. The number of nitrogens with zero attached hydrogens (tertiary/aromatic N) is 1. The molecule has 1 amide bonds. The van der Waals surface area contributed by atoms with Gasteiger partial charge in [0.05, 0.1) is 4.92 Å². The summed E-state index contributed by atoms with van der Waals surface area (Å²) in [6, 6.07) is 2.67. The van der Waals surface area contributed by atoms with E-state index in [1.165, 1.54) is 18.6 Å². The van der Waals surface area contributed by atoms with E-state index in [4.69, 9.17) is 4.74 Å². The Morgan fingerprint density at radius 3 is 2.78 bits per heavy atom. The molecule has 8 heteroatoms. The number of amides is 1. The van der Waals surface area contributed by atoms with Crippen LogP contribution in [0.15, 0.2) is 12.1 Å². The lowest BCUT2D eigenvalue weighted by Gasteiger charge is -2.34. The lowest BCUT2D eigenvalue weighted by atomic mass is 9.78. The van der Waals surface area contributed by atoms with Crippen molar-refractivity contribution < 1.29 is 19.2 Å². The van der Waals surface area contributed by atoms with Crippen LogP contribution in [0.4, 0.5) is 5.00 Å². The summed E-state index contributed by atoms with van der Waals surface area (Å²) in [5, 5.41) is 13.4. The number of nitrogens with one attached hydrogen (secondary N) is 1. The molecular weight excluding hydrogens is 320 g/mol. The maximum absolute atomic E-state index is 11.9. The summed E-state index contributed by atoms with van der Waals surface area (Å²) in [5.74, 6) is -0.106. The van der Waals surface area contributed by atoms with Gasteiger partial charge in [-0.1, -0.05) is 38.0 Å². The number of rotatable bonds is 5. The van der Waals surface area contributed by atoms with Gasteiger partial charge in [0, 0.05) is 12.1 Å². The fourth-order valence-corrected chi connectivity index (χ4v) is 3.49. The molecule has 1 fully saturated rings. The number of ether oxygens (including phenoxy) is 1. The highest BCUT2D eigenvalue weighted by molar-refractivity contribution is 7.17. The van der Waals surface area contributed by atoms with Gasteiger partial charge >= 0.3 is 11.0 Å². The fraction of sp³-hybridized carbons (Fsp3) is 0.600. The second-order valence-electron chi connectivity index (χ2n) is 5.91. The minimum Gasteiger partial charge on any atom is -0.451 e. The fourth-order valence-electron chi connectivity index (χ4n) is 2.77. The van der Waals surface area contributed by atoms with Gasteiger partial charge < -0.3 is 10.1 Å². The second-order valence-corrected chi connectivity index (χ2v) is 6.97. The van der Waals surface area contributed by atoms with E-state index in [1.54, 1.807) is 0 Å². The average Bonchev–Trinajstić information content (AvgIpc) is 3.00. The zero-order valence-corrected chi connectivity index (χ0v) is 13.9. The molecular formula is C15H20N2O5S. The highest BCUT2D eigenvalue weighted by atomic mass is 32.1. The topological polar surface area (TPSA) is 98.5 Å². The Kier molecular flexibility index (Phi) is 5.70. The molecule has 0 bridgehead atoms. The van der Waals surface area contributed by atoms with E-state index in [1.807, 2.05) is 0 Å². The maximum atomic E-state index is 11.9. The van der Waals surface area contributed by atoms with Gasteiger partial charge in [-0.3, -0.25) is 14.9 Å². The molecule has 1 saturated carbocycles. The molecule has 1 aromatic rings. The zero-order chi connectivity index (χ0) is 17.0. The Labute approximate surface area is 138 Å². The van der Waals surface area contributed by atoms with Gasteiger partial charge in [-0.25, -0.2) is 4.79 Å². The minimum atomic E-state index is -0.719. The molecule has 0 saturated heterocycles. The molecule has 1 heterocycles. The van der Waals surface area contributed by atoms with Crippen molar-refractivity contribution in [1.82, 2.24) is 5.32 Å². The molecule has 1 aromatic heterocycles. The third-order valence-electron chi connectivity index (χ3n) is 4.36. The van der Waals surface area contributed by atoms with Crippen LogP contribution in [0.5, 0.6) is 0 Å². The molecule has 23 heavy (non-hydrogen) atoms. The van der Waals surface area contributed by atoms with Crippen LogP contribution < -0.4 is 5.32 Å². The van der Waals surface area contributed by atoms with Crippen LogP contribution in [0.1, 0.15) is 42.8 Å². The smallest absolute Gasteiger partial charge is 0.349 e. The zero-order valence-electron chi connectivity index (χ0n) is 13.1. The van der Waals surface area contributed by atoms with Gasteiger partial charge in [-0.15, -0.1) is 0 Å². The van der Waals surface area contributed by atoms with Crippen LogP contribution in [0, 0.1) is 22.0 Å². The Morgan fingerprint density at radius 1 is 1.39 bits per heavy atom. The van der Waals surface area contributed by atoms with E-state index in [0.29, 0.717) is 11.8 Å². The molecule has 3 atom stereocenters. The van der Waals surface area contributed by atoms with Gasteiger partial charge in [0.1, 0.15) is 4.88 Å². The summed E-state index contributed by atoms with van der Waals surface area (Å²) < 4.78 is 4.92. The number of thiophene rings is 1. The number of nitro groups is 1. The van der Waals surface area contributed by atoms with Gasteiger partial charge in [-0.05, 0) is 24.3 Å². The maximum Gasteiger partial charge on any atom is 0.349 e. The van der Waals surface area contributed by atoms with Crippen molar-refractivity contribution in [2.24, 2.45) is 11.8 Å². The Bertz CT molecular complexity index is 600. The lowest BCUT2D eigenvalue weighted by Crippen LogP contribution is -2.45. The molecule has 1 N–H and O–H groups in total. The van der Waals surface area contributed by atoms with Gasteiger partial charge in [0.2, 0.25) is 0 Å². The van der Waals surface area contributed by atoms with Crippen molar-refractivity contribution in [2.75, 3.05) is 6.61 Å². The van der Waals surface area contributed by atoms with Crippen LogP contribution in [0.2, 0.25) is 0 Å². The summed E-state index contributed by atoms with van der Waals surface area (Å²) in [5.41, 5.74) is 0. The Morgan fingerprint density at radius 2 is 2.13 bits per heavy atom. The predicted octanol–water partition coefficient (Wildman–Crippen LogP) is 2.75. The van der Waals surface area contributed by atoms with E-state index in [-0.39, 0.29) is 28.4 Å². The van der Waals surface area contributed by atoms with Crippen molar-refractivity contribution in [3.05, 3.63) is 27.1 Å². The van der Waals surface area contributed by atoms with Crippen molar-refractivity contribution in [3.63, 3.8) is 0 Å². The van der Waals surface area contributed by atoms with Crippen LogP contribution in [0.25, 0.3) is 0 Å². The normalized spacial score (nSPS) is 24.0. The highest BCUT2D eigenvalue weighted by Crippen LogP contribution is 2.29. The summed E-state index contributed by atoms with van der Waals surface area (Å²) in [6.07, 6.45) is 3.18. The number of hydrogen-bond donors (Lipinski definition) is 1. The SMILES string of the molecule is C[C@H]1[C@H](C)CCC[C@@H]1NC(=O)COC(=O)c1ccc([N+](=O)[O-])s1. The van der Waals surface area contributed by atoms with Crippen LogP contribution in [0.3, 0.4) is 0 Å². The highest BCUT2D eigenvalue weighted by Gasteiger charge is 2.28. The molecule has 0 radical (unpaired) electrons. The number of esters is 1. The van der Waals surface area contributed by atoms with Gasteiger partial charge in [-0.2, -0.15) is 0 Å². The van der Waals surface area contributed by atoms with Gasteiger partial charge in [0.15, 0.2) is 6.61 Å². The summed E-state index contributed by atoms with van der Waals surface area (Å²) in [6.45, 7) is 3.92. The van der Waals surface area contributed by atoms with E-state index in [2.05, 4.69) is 19.2 Å². The van der Waals surface area contributed by atoms with Gasteiger partial charge in [0.25, 0.3) is 5.91 Å². The third-order valence-corrected chi connectivity index (χ3v) is 5.38. The molecule has 0 aromatic carbocycles. The number of carbonyl (C=O) groups excluding carboxylic acids is 2. The summed E-state index contributed by atoms with van der Waals surface area (Å²) in [7, 11) is 0. The molecule has 2 rings (SSSR count). The average molecular weight is 340 g/mol. The van der Waals surface area contributed by atoms with E-state index < -0.39 is 10.9 Å². The van der Waals surface area contributed by atoms with Crippen molar-refractivity contribution in [2.45, 2.75) is 39.2 Å². The van der Waals surface area contributed by atoms with Crippen molar-refractivity contribution >= 4 is 28.2 Å². The molecule has 1 aliphatic carbocycles. The van der Waals surface area contributed by atoms with E-state index >= 15 is 0 Å². The predicted molar refractivity (Wildman–Crippen MR) is 85.4 cm³/mol. The largest absolute Gasteiger partial charge is 0.451 e. The lowest BCUT2D eigenvalue weighted by molar-refractivity contribution is -0.380. The number of carbonyl (C=O) groups is 2. The Hall–Kier alpha value is -1.96. The Balaban J connectivity index is 1.81. The summed E-state index contributed by atoms with van der Waals surface area (Å²) in [4.78, 5) is 33.8. The van der Waals surface area contributed by atoms with Crippen molar-refractivity contribution in [1.29, 1.82) is 0 Å². The quantitative estimate of drug-likeness (QED) is 0.505. The molecule has 0 aliphatic heterocycles. The minimum absolute atomic E-state index is 0.104. The molecule has 126 valence electrons. The van der Waals surface area contributed by atoms with Crippen LogP contribution in [-0.2, 0) is 9.53 Å².